The normalized spacial score (nSPS) is 11.3. The second-order valence-corrected chi connectivity index (χ2v) is 4.75. The van der Waals surface area contributed by atoms with Gasteiger partial charge in [-0.15, -0.1) is 5.10 Å². The molecule has 0 aliphatic carbocycles. The summed E-state index contributed by atoms with van der Waals surface area (Å²) >= 11 is 0. The van der Waals surface area contributed by atoms with Gasteiger partial charge in [-0.05, 0) is 18.2 Å². The molecule has 0 unspecified atom stereocenters. The summed E-state index contributed by atoms with van der Waals surface area (Å²) in [6.45, 7) is 0. The van der Waals surface area contributed by atoms with Crippen molar-refractivity contribution in [2.45, 2.75) is 0 Å². The van der Waals surface area contributed by atoms with Gasteiger partial charge in [-0.1, -0.05) is 12.1 Å². The SMILES string of the molecule is Nc1nc2cc(C(=O)O)c(-n3cnc4ccccc43)cn2n1. The van der Waals surface area contributed by atoms with Gasteiger partial charge in [0.1, 0.15) is 6.33 Å². The highest BCUT2D eigenvalue weighted by atomic mass is 16.4. The van der Waals surface area contributed by atoms with E-state index in [0.29, 0.717) is 11.3 Å². The number of pyridine rings is 1. The number of nitrogens with zero attached hydrogens (tertiary/aromatic N) is 5. The number of carboxylic acid groups (broad SMARTS) is 1. The number of benzene rings is 1. The first-order valence-corrected chi connectivity index (χ1v) is 6.45. The van der Waals surface area contributed by atoms with E-state index < -0.39 is 5.97 Å². The van der Waals surface area contributed by atoms with Gasteiger partial charge in [0.2, 0.25) is 5.95 Å². The molecule has 0 fully saturated rings. The van der Waals surface area contributed by atoms with Gasteiger partial charge < -0.3 is 10.8 Å². The van der Waals surface area contributed by atoms with Gasteiger partial charge in [0, 0.05) is 0 Å². The highest BCUT2D eigenvalue weighted by Crippen LogP contribution is 2.22. The van der Waals surface area contributed by atoms with Crippen molar-refractivity contribution in [2.75, 3.05) is 5.73 Å². The van der Waals surface area contributed by atoms with Crippen molar-refractivity contribution in [1.29, 1.82) is 0 Å². The highest BCUT2D eigenvalue weighted by molar-refractivity contribution is 5.94. The van der Waals surface area contributed by atoms with Crippen LogP contribution in [0.1, 0.15) is 10.4 Å². The van der Waals surface area contributed by atoms with E-state index in [4.69, 9.17) is 5.73 Å². The van der Waals surface area contributed by atoms with Crippen molar-refractivity contribution >= 4 is 28.6 Å². The van der Waals surface area contributed by atoms with Crippen LogP contribution in [0.3, 0.4) is 0 Å². The third-order valence-electron chi connectivity index (χ3n) is 3.41. The van der Waals surface area contributed by atoms with Crippen molar-refractivity contribution in [3.05, 3.63) is 48.4 Å². The summed E-state index contributed by atoms with van der Waals surface area (Å²) in [5.74, 6) is -0.971. The van der Waals surface area contributed by atoms with Crippen LogP contribution < -0.4 is 5.73 Å². The Morgan fingerprint density at radius 1 is 1.27 bits per heavy atom. The van der Waals surface area contributed by atoms with E-state index in [1.54, 1.807) is 17.1 Å². The Bertz CT molecular complexity index is 1030. The zero-order chi connectivity index (χ0) is 15.3. The zero-order valence-electron chi connectivity index (χ0n) is 11.2. The van der Waals surface area contributed by atoms with E-state index in [1.807, 2.05) is 24.3 Å². The molecule has 0 spiro atoms. The molecule has 8 heteroatoms. The first kappa shape index (κ1) is 12.3. The van der Waals surface area contributed by atoms with Crippen LogP contribution >= 0.6 is 0 Å². The number of imidazole rings is 1. The molecule has 0 saturated carbocycles. The second-order valence-electron chi connectivity index (χ2n) is 4.75. The fourth-order valence-corrected chi connectivity index (χ4v) is 2.45. The number of hydrogen-bond donors (Lipinski definition) is 2. The molecule has 4 aromatic rings. The molecule has 0 bridgehead atoms. The Morgan fingerprint density at radius 2 is 2.09 bits per heavy atom. The maximum atomic E-state index is 11.6. The van der Waals surface area contributed by atoms with Crippen LogP contribution in [-0.4, -0.2) is 35.2 Å². The summed E-state index contributed by atoms with van der Waals surface area (Å²) in [5.41, 5.74) is 8.07. The number of fused-ring (bicyclic) bond motifs is 2. The predicted octanol–water partition coefficient (Wildman–Crippen LogP) is 1.35. The summed E-state index contributed by atoms with van der Waals surface area (Å²) in [7, 11) is 0. The largest absolute Gasteiger partial charge is 0.478 e. The fourth-order valence-electron chi connectivity index (χ4n) is 2.45. The van der Waals surface area contributed by atoms with Gasteiger partial charge in [0.05, 0.1) is 28.5 Å². The van der Waals surface area contributed by atoms with Crippen molar-refractivity contribution < 1.29 is 9.90 Å². The molecular weight excluding hydrogens is 284 g/mol. The molecule has 8 nitrogen and oxygen atoms in total. The van der Waals surface area contributed by atoms with Gasteiger partial charge in [0.15, 0.2) is 5.65 Å². The lowest BCUT2D eigenvalue weighted by Crippen LogP contribution is -2.07. The molecular formula is C14H10N6O2. The molecule has 22 heavy (non-hydrogen) atoms. The number of carbonyl (C=O) groups is 1. The number of para-hydroxylation sites is 2. The van der Waals surface area contributed by atoms with Crippen LogP contribution in [0.25, 0.3) is 22.4 Å². The molecule has 3 N–H and O–H groups in total. The third kappa shape index (κ3) is 1.71. The van der Waals surface area contributed by atoms with Gasteiger partial charge in [-0.2, -0.15) is 4.98 Å². The van der Waals surface area contributed by atoms with Crippen molar-refractivity contribution in [1.82, 2.24) is 24.1 Å². The molecule has 0 atom stereocenters. The topological polar surface area (TPSA) is 111 Å². The van der Waals surface area contributed by atoms with E-state index in [-0.39, 0.29) is 11.5 Å². The van der Waals surface area contributed by atoms with E-state index in [1.165, 1.54) is 10.6 Å². The summed E-state index contributed by atoms with van der Waals surface area (Å²) < 4.78 is 3.15. The third-order valence-corrected chi connectivity index (χ3v) is 3.41. The molecule has 0 saturated heterocycles. The molecule has 0 aliphatic heterocycles. The number of nitrogens with two attached hydrogens (primary N) is 1. The Morgan fingerprint density at radius 3 is 2.91 bits per heavy atom. The Labute approximate surface area is 123 Å². The van der Waals surface area contributed by atoms with Gasteiger partial charge >= 0.3 is 5.97 Å². The average Bonchev–Trinajstić information content (AvgIpc) is 3.07. The van der Waals surface area contributed by atoms with Crippen molar-refractivity contribution in [2.24, 2.45) is 0 Å². The van der Waals surface area contributed by atoms with Crippen LogP contribution in [-0.2, 0) is 0 Å². The zero-order valence-corrected chi connectivity index (χ0v) is 11.2. The lowest BCUT2D eigenvalue weighted by molar-refractivity contribution is 0.0697. The summed E-state index contributed by atoms with van der Waals surface area (Å²) in [6.07, 6.45) is 3.16. The monoisotopic (exact) mass is 294 g/mol. The average molecular weight is 294 g/mol. The standard InChI is InChI=1S/C14H10N6O2/c15-14-17-12-5-8(13(21)22)11(6-20(12)18-14)19-7-16-9-3-1-2-4-10(9)19/h1-7H,(H2,15,18)(H,21,22). The number of nitrogen functional groups attached to an aromatic ring is 1. The number of rotatable bonds is 2. The number of hydrogen-bond acceptors (Lipinski definition) is 5. The number of aromatic carboxylic acids is 1. The molecule has 3 heterocycles. The molecule has 3 aromatic heterocycles. The molecule has 108 valence electrons. The smallest absolute Gasteiger partial charge is 0.338 e. The molecule has 4 rings (SSSR count). The van der Waals surface area contributed by atoms with Crippen LogP contribution in [0.4, 0.5) is 5.95 Å². The molecule has 0 amide bonds. The predicted molar refractivity (Wildman–Crippen MR) is 79.0 cm³/mol. The Hall–Kier alpha value is -3.42. The lowest BCUT2D eigenvalue weighted by Gasteiger charge is -2.08. The maximum absolute atomic E-state index is 11.6. The van der Waals surface area contributed by atoms with Crippen LogP contribution in [0.5, 0.6) is 0 Å². The molecule has 0 aliphatic rings. The van der Waals surface area contributed by atoms with Crippen LogP contribution in [0, 0.1) is 0 Å². The van der Waals surface area contributed by atoms with Crippen LogP contribution in [0.15, 0.2) is 42.9 Å². The van der Waals surface area contributed by atoms with Crippen molar-refractivity contribution in [3.63, 3.8) is 0 Å². The molecule has 0 radical (unpaired) electrons. The van der Waals surface area contributed by atoms with E-state index >= 15 is 0 Å². The van der Waals surface area contributed by atoms with E-state index in [0.717, 1.165) is 11.0 Å². The van der Waals surface area contributed by atoms with Crippen LogP contribution in [0.2, 0.25) is 0 Å². The minimum absolute atomic E-state index is 0.0870. The first-order chi connectivity index (χ1) is 10.6. The van der Waals surface area contributed by atoms with Gasteiger partial charge in [0.25, 0.3) is 0 Å². The number of aromatic nitrogens is 5. The van der Waals surface area contributed by atoms with Gasteiger partial charge in [-0.25, -0.2) is 14.3 Å². The summed E-state index contributed by atoms with van der Waals surface area (Å²) in [4.78, 5) is 19.8. The quantitative estimate of drug-likeness (QED) is 0.577. The second kappa shape index (κ2) is 4.29. The summed E-state index contributed by atoms with van der Waals surface area (Å²) in [5, 5.41) is 13.5. The minimum Gasteiger partial charge on any atom is -0.478 e. The summed E-state index contributed by atoms with van der Waals surface area (Å²) in [6, 6.07) is 8.91. The van der Waals surface area contributed by atoms with E-state index in [9.17, 15) is 9.90 Å². The Kier molecular flexibility index (Phi) is 2.40. The highest BCUT2D eigenvalue weighted by Gasteiger charge is 2.17. The Balaban J connectivity index is 2.08. The number of anilines is 1. The number of carboxylic acids is 1. The maximum Gasteiger partial charge on any atom is 0.338 e. The van der Waals surface area contributed by atoms with Gasteiger partial charge in [-0.3, -0.25) is 4.57 Å². The van der Waals surface area contributed by atoms with Crippen molar-refractivity contribution in [3.8, 4) is 5.69 Å². The first-order valence-electron chi connectivity index (χ1n) is 6.45. The molecule has 1 aromatic carbocycles. The lowest BCUT2D eigenvalue weighted by atomic mass is 10.2. The minimum atomic E-state index is -1.06. The van der Waals surface area contributed by atoms with E-state index in [2.05, 4.69) is 15.1 Å². The fraction of sp³-hybridized carbons (Fsp3) is 0.